The van der Waals surface area contributed by atoms with Gasteiger partial charge in [-0.15, -0.1) is 0 Å². The molecule has 1 fully saturated rings. The maximum atomic E-state index is 5.98. The third-order valence-electron chi connectivity index (χ3n) is 4.48. The number of nitrogens with one attached hydrogen (secondary N) is 1. The molecule has 26 heavy (non-hydrogen) atoms. The average molecular weight is 365 g/mol. The zero-order valence-electron chi connectivity index (χ0n) is 14.5. The Bertz CT molecular complexity index is 926. The molecule has 0 radical (unpaired) electrons. The molecule has 6 heteroatoms. The van der Waals surface area contributed by atoms with Crippen LogP contribution in [0.2, 0.25) is 0 Å². The topological polar surface area (TPSA) is 50.5 Å². The summed E-state index contributed by atoms with van der Waals surface area (Å²) in [5.74, 6) is 2.48. The van der Waals surface area contributed by atoms with Crippen LogP contribution < -0.4 is 15.0 Å². The number of anilines is 1. The van der Waals surface area contributed by atoms with Gasteiger partial charge in [0.25, 0.3) is 0 Å². The van der Waals surface area contributed by atoms with Crippen LogP contribution in [-0.4, -0.2) is 17.2 Å². The van der Waals surface area contributed by atoms with Gasteiger partial charge in [-0.25, -0.2) is 0 Å². The summed E-state index contributed by atoms with van der Waals surface area (Å²) in [6.07, 6.45) is 1.79. The first-order chi connectivity index (χ1) is 12.7. The molecule has 0 spiro atoms. The summed E-state index contributed by atoms with van der Waals surface area (Å²) < 4.78 is 11.4. The Labute approximate surface area is 157 Å². The van der Waals surface area contributed by atoms with E-state index in [-0.39, 0.29) is 12.1 Å². The van der Waals surface area contributed by atoms with Crippen molar-refractivity contribution < 1.29 is 9.15 Å². The minimum Gasteiger partial charge on any atom is -0.497 e. The Balaban J connectivity index is 1.82. The number of pyridine rings is 1. The molecule has 0 bridgehead atoms. The highest BCUT2D eigenvalue weighted by molar-refractivity contribution is 7.80. The van der Waals surface area contributed by atoms with Crippen LogP contribution in [0.5, 0.6) is 5.75 Å². The Hall–Kier alpha value is -2.86. The van der Waals surface area contributed by atoms with E-state index in [9.17, 15) is 0 Å². The lowest BCUT2D eigenvalue weighted by molar-refractivity contribution is 0.412. The van der Waals surface area contributed by atoms with Crippen LogP contribution in [0.4, 0.5) is 5.69 Å². The van der Waals surface area contributed by atoms with Crippen LogP contribution in [0, 0.1) is 6.92 Å². The van der Waals surface area contributed by atoms with E-state index in [0.717, 1.165) is 28.7 Å². The van der Waals surface area contributed by atoms with Crippen molar-refractivity contribution in [1.82, 2.24) is 10.3 Å². The van der Waals surface area contributed by atoms with Crippen molar-refractivity contribution in [2.45, 2.75) is 19.0 Å². The largest absolute Gasteiger partial charge is 0.497 e. The van der Waals surface area contributed by atoms with Gasteiger partial charge in [0.05, 0.1) is 18.8 Å². The highest BCUT2D eigenvalue weighted by Gasteiger charge is 2.42. The van der Waals surface area contributed by atoms with Gasteiger partial charge in [0.2, 0.25) is 0 Å². The lowest BCUT2D eigenvalue weighted by Crippen LogP contribution is -2.29. The molecule has 132 valence electrons. The second-order valence-corrected chi connectivity index (χ2v) is 6.53. The lowest BCUT2D eigenvalue weighted by atomic mass is 10.0. The van der Waals surface area contributed by atoms with E-state index in [1.807, 2.05) is 61.5 Å². The molecule has 3 aromatic rings. The first-order valence-corrected chi connectivity index (χ1v) is 8.79. The number of nitrogens with zero attached hydrogens (tertiary/aromatic N) is 2. The average Bonchev–Trinajstić information content (AvgIpc) is 3.25. The molecule has 1 aliphatic rings. The number of rotatable bonds is 4. The maximum absolute atomic E-state index is 5.98. The van der Waals surface area contributed by atoms with Gasteiger partial charge in [-0.2, -0.15) is 0 Å². The number of aromatic nitrogens is 1. The molecule has 2 aromatic heterocycles. The molecular formula is C20H19N3O2S. The van der Waals surface area contributed by atoms with Crippen molar-refractivity contribution in [3.63, 3.8) is 0 Å². The summed E-state index contributed by atoms with van der Waals surface area (Å²) in [4.78, 5) is 6.59. The highest BCUT2D eigenvalue weighted by atomic mass is 32.1. The number of benzene rings is 1. The van der Waals surface area contributed by atoms with Crippen LogP contribution in [0.1, 0.15) is 29.3 Å². The number of ether oxygens (including phenoxy) is 1. The molecule has 4 rings (SSSR count). The third kappa shape index (κ3) is 2.93. The number of methoxy groups -OCH3 is 1. The smallest absolute Gasteiger partial charge is 0.174 e. The van der Waals surface area contributed by atoms with E-state index in [1.165, 1.54) is 0 Å². The minimum atomic E-state index is -0.141. The molecule has 2 atom stereocenters. The fourth-order valence-corrected chi connectivity index (χ4v) is 3.64. The quantitative estimate of drug-likeness (QED) is 0.701. The summed E-state index contributed by atoms with van der Waals surface area (Å²) in [5, 5.41) is 4.04. The van der Waals surface area contributed by atoms with Crippen LogP contribution in [-0.2, 0) is 0 Å². The van der Waals surface area contributed by atoms with Crippen LogP contribution in [0.25, 0.3) is 0 Å². The number of aryl methyl sites for hydroxylation is 1. The molecule has 0 unspecified atom stereocenters. The zero-order valence-corrected chi connectivity index (χ0v) is 15.4. The molecule has 1 saturated heterocycles. The van der Waals surface area contributed by atoms with Crippen molar-refractivity contribution in [3.05, 3.63) is 78.0 Å². The molecule has 1 N–H and O–H groups in total. The fourth-order valence-electron chi connectivity index (χ4n) is 3.29. The third-order valence-corrected chi connectivity index (χ3v) is 4.80. The molecule has 0 saturated carbocycles. The van der Waals surface area contributed by atoms with Gasteiger partial charge in [-0.3, -0.25) is 4.98 Å². The predicted molar refractivity (Wildman–Crippen MR) is 104 cm³/mol. The molecule has 1 aliphatic heterocycles. The van der Waals surface area contributed by atoms with Crippen LogP contribution in [0.3, 0.4) is 0 Å². The van der Waals surface area contributed by atoms with E-state index >= 15 is 0 Å². The van der Waals surface area contributed by atoms with Crippen molar-refractivity contribution in [1.29, 1.82) is 0 Å². The van der Waals surface area contributed by atoms with E-state index in [2.05, 4.69) is 15.2 Å². The molecule has 1 aromatic carbocycles. The molecule has 0 amide bonds. The molecule has 0 aliphatic carbocycles. The highest BCUT2D eigenvalue weighted by Crippen LogP contribution is 2.42. The predicted octanol–water partition coefficient (Wildman–Crippen LogP) is 4.17. The van der Waals surface area contributed by atoms with E-state index in [1.54, 1.807) is 13.3 Å². The maximum Gasteiger partial charge on any atom is 0.174 e. The fraction of sp³-hybridized carbons (Fsp3) is 0.200. The Kier molecular flexibility index (Phi) is 4.34. The zero-order chi connectivity index (χ0) is 18.1. The number of hydrogen-bond acceptors (Lipinski definition) is 4. The minimum absolute atomic E-state index is 0.111. The van der Waals surface area contributed by atoms with Gasteiger partial charge in [0.1, 0.15) is 23.3 Å². The summed E-state index contributed by atoms with van der Waals surface area (Å²) in [6, 6.07) is 17.4. The monoisotopic (exact) mass is 365 g/mol. The first kappa shape index (κ1) is 16.6. The van der Waals surface area contributed by atoms with Crippen LogP contribution >= 0.6 is 12.2 Å². The molecular weight excluding hydrogens is 346 g/mol. The molecule has 5 nitrogen and oxygen atoms in total. The van der Waals surface area contributed by atoms with Crippen LogP contribution in [0.15, 0.2) is 65.2 Å². The summed E-state index contributed by atoms with van der Waals surface area (Å²) in [7, 11) is 1.66. The lowest BCUT2D eigenvalue weighted by Gasteiger charge is -2.26. The van der Waals surface area contributed by atoms with E-state index < -0.39 is 0 Å². The Morgan fingerprint density at radius 3 is 2.73 bits per heavy atom. The number of furan rings is 1. The van der Waals surface area contributed by atoms with Gasteiger partial charge in [-0.05, 0) is 55.5 Å². The standard InChI is InChI=1S/C20H19N3O2S/c1-13-9-10-17(25-13)19-18(16-8-3-4-11-21-16)22-20(26)23(19)14-6-5-7-15(12-14)24-2/h3-12,18-19H,1-2H3,(H,22,26)/t18-,19+/m1/s1. The first-order valence-electron chi connectivity index (χ1n) is 8.38. The number of thiocarbonyl (C=S) groups is 1. The normalized spacial score (nSPS) is 19.5. The van der Waals surface area contributed by atoms with E-state index in [0.29, 0.717) is 5.11 Å². The summed E-state index contributed by atoms with van der Waals surface area (Å²) in [6.45, 7) is 1.94. The SMILES string of the molecule is COc1cccc(N2C(=S)N[C@H](c3ccccn3)[C@@H]2c2ccc(C)o2)c1. The summed E-state index contributed by atoms with van der Waals surface area (Å²) in [5.41, 5.74) is 1.86. The van der Waals surface area contributed by atoms with Crippen molar-refractivity contribution >= 4 is 23.0 Å². The van der Waals surface area contributed by atoms with Crippen molar-refractivity contribution in [3.8, 4) is 5.75 Å². The Morgan fingerprint density at radius 1 is 1.15 bits per heavy atom. The van der Waals surface area contributed by atoms with Gasteiger partial charge < -0.3 is 19.4 Å². The molecule has 3 heterocycles. The second-order valence-electron chi connectivity index (χ2n) is 6.15. The second kappa shape index (κ2) is 6.80. The summed E-state index contributed by atoms with van der Waals surface area (Å²) >= 11 is 5.67. The van der Waals surface area contributed by atoms with Crippen molar-refractivity contribution in [2.75, 3.05) is 12.0 Å². The van der Waals surface area contributed by atoms with Gasteiger partial charge in [0.15, 0.2) is 5.11 Å². The van der Waals surface area contributed by atoms with Gasteiger partial charge in [-0.1, -0.05) is 12.1 Å². The van der Waals surface area contributed by atoms with Crippen molar-refractivity contribution in [2.24, 2.45) is 0 Å². The Morgan fingerprint density at radius 2 is 2.04 bits per heavy atom. The van der Waals surface area contributed by atoms with Gasteiger partial charge >= 0.3 is 0 Å². The van der Waals surface area contributed by atoms with Gasteiger partial charge in [0, 0.05) is 18.0 Å². The van der Waals surface area contributed by atoms with E-state index in [4.69, 9.17) is 21.4 Å². The number of hydrogen-bond donors (Lipinski definition) is 1.